The number of hydrazine groups is 1. The lowest BCUT2D eigenvalue weighted by Gasteiger charge is -2.21. The predicted molar refractivity (Wildman–Crippen MR) is 89.7 cm³/mol. The maximum Gasteiger partial charge on any atom is 0.291 e. The summed E-state index contributed by atoms with van der Waals surface area (Å²) in [4.78, 5) is 38.2. The van der Waals surface area contributed by atoms with Crippen molar-refractivity contribution in [3.63, 3.8) is 0 Å². The highest BCUT2D eigenvalue weighted by Crippen LogP contribution is 2.73. The maximum atomic E-state index is 12.8. The highest BCUT2D eigenvalue weighted by Gasteiger charge is 2.73. The first-order valence-electron chi connectivity index (χ1n) is 8.43. The van der Waals surface area contributed by atoms with Gasteiger partial charge in [0.1, 0.15) is 0 Å². The van der Waals surface area contributed by atoms with E-state index < -0.39 is 5.91 Å². The van der Waals surface area contributed by atoms with E-state index in [0.717, 1.165) is 23.5 Å². The van der Waals surface area contributed by atoms with Crippen LogP contribution in [0.5, 0.6) is 0 Å². The molecule has 1 N–H and O–H groups in total. The largest absolute Gasteiger partial charge is 0.291 e. The lowest BCUT2D eigenvalue weighted by Crippen LogP contribution is -2.48. The van der Waals surface area contributed by atoms with Gasteiger partial charge in [-0.3, -0.25) is 24.5 Å². The van der Waals surface area contributed by atoms with Gasteiger partial charge in [-0.25, -0.2) is 0 Å². The molecule has 8 heteroatoms. The smallest absolute Gasteiger partial charge is 0.272 e. The van der Waals surface area contributed by atoms with Gasteiger partial charge >= 0.3 is 0 Å². The zero-order chi connectivity index (χ0) is 17.7. The third-order valence-electron chi connectivity index (χ3n) is 6.54. The number of hydrogen-bond acceptors (Lipinski definition) is 4. The number of allylic oxidation sites excluding steroid dienone is 2. The molecule has 2 heterocycles. The number of rotatable bonds is 2. The molecule has 0 radical (unpaired) electrons. The molecule has 4 aliphatic rings. The number of amides is 3. The fourth-order valence-electron chi connectivity index (χ4n) is 5.07. The second-order valence-corrected chi connectivity index (χ2v) is 8.34. The van der Waals surface area contributed by atoms with E-state index >= 15 is 0 Å². The standard InChI is InChI=1S/C17H17BrN4O3/c1-7-12(18)13(19-21(7)2)14(23)20-22-15(24)10-8-3-4-9(11(10)16(22)25)17(8)5-6-17/h3-4,8-11H,5-6H2,1-2H3,(H,20,23)/t8-,9+,10-,11-/m0/s1. The van der Waals surface area contributed by atoms with E-state index in [-0.39, 0.29) is 46.6 Å². The van der Waals surface area contributed by atoms with Crippen LogP contribution in [0.2, 0.25) is 0 Å². The SMILES string of the molecule is Cc1c(Br)c(C(=O)NN2C(=O)[C@@H]3[C@@H](C2=O)[C@@H]2C=C[C@H]3C23CC3)nn1C. The Kier molecular flexibility index (Phi) is 2.82. The van der Waals surface area contributed by atoms with Gasteiger partial charge in [-0.15, -0.1) is 0 Å². The van der Waals surface area contributed by atoms with Crippen LogP contribution >= 0.6 is 15.9 Å². The first kappa shape index (κ1) is 15.3. The number of carbonyl (C=O) groups is 3. The topological polar surface area (TPSA) is 84.3 Å². The van der Waals surface area contributed by atoms with Crippen molar-refractivity contribution in [2.24, 2.45) is 36.1 Å². The minimum Gasteiger partial charge on any atom is -0.272 e. The monoisotopic (exact) mass is 404 g/mol. The van der Waals surface area contributed by atoms with E-state index in [2.05, 4.69) is 38.6 Å². The molecular formula is C17H17BrN4O3. The number of hydrogen-bond donors (Lipinski definition) is 1. The summed E-state index contributed by atoms with van der Waals surface area (Å²) in [7, 11) is 1.73. The second-order valence-electron chi connectivity index (χ2n) is 7.55. The van der Waals surface area contributed by atoms with Crippen molar-refractivity contribution in [2.45, 2.75) is 19.8 Å². The Labute approximate surface area is 152 Å². The van der Waals surface area contributed by atoms with Gasteiger partial charge in [-0.2, -0.15) is 10.1 Å². The maximum absolute atomic E-state index is 12.8. The van der Waals surface area contributed by atoms with E-state index in [9.17, 15) is 14.4 Å². The molecule has 25 heavy (non-hydrogen) atoms. The van der Waals surface area contributed by atoms with E-state index in [1.54, 1.807) is 11.7 Å². The summed E-state index contributed by atoms with van der Waals surface area (Å²) < 4.78 is 2.13. The Balaban J connectivity index is 1.42. The Hall–Kier alpha value is -1.96. The molecule has 7 nitrogen and oxygen atoms in total. The van der Waals surface area contributed by atoms with Crippen LogP contribution in [0.3, 0.4) is 0 Å². The van der Waals surface area contributed by atoms with Gasteiger partial charge in [0.05, 0.1) is 22.0 Å². The van der Waals surface area contributed by atoms with Crippen LogP contribution in [0.1, 0.15) is 29.0 Å². The van der Waals surface area contributed by atoms with E-state index in [1.807, 2.05) is 6.92 Å². The predicted octanol–water partition coefficient (Wildman–Crippen LogP) is 1.33. The summed E-state index contributed by atoms with van der Waals surface area (Å²) >= 11 is 3.34. The van der Waals surface area contributed by atoms with Crippen molar-refractivity contribution in [2.75, 3.05) is 0 Å². The Morgan fingerprint density at radius 2 is 1.80 bits per heavy atom. The molecule has 0 unspecified atom stereocenters. The molecule has 3 aliphatic carbocycles. The lowest BCUT2D eigenvalue weighted by atomic mass is 9.85. The minimum atomic E-state index is -0.557. The number of nitrogens with one attached hydrogen (secondary N) is 1. The van der Waals surface area contributed by atoms with E-state index in [0.29, 0.717) is 4.47 Å². The normalized spacial score (nSPS) is 33.5. The average molecular weight is 405 g/mol. The van der Waals surface area contributed by atoms with Crippen LogP contribution in [0.25, 0.3) is 0 Å². The fraction of sp³-hybridized carbons (Fsp3) is 0.529. The molecule has 1 saturated heterocycles. The first-order valence-corrected chi connectivity index (χ1v) is 9.22. The number of fused-ring (bicyclic) bond motifs is 3. The number of aromatic nitrogens is 2. The van der Waals surface area contributed by atoms with Crippen LogP contribution in [-0.4, -0.2) is 32.5 Å². The van der Waals surface area contributed by atoms with Gasteiger partial charge < -0.3 is 0 Å². The van der Waals surface area contributed by atoms with Crippen molar-refractivity contribution in [1.82, 2.24) is 20.2 Å². The molecule has 3 amide bonds. The fourth-order valence-corrected chi connectivity index (χ4v) is 5.59. The summed E-state index contributed by atoms with van der Waals surface area (Å²) in [6, 6.07) is 0. The van der Waals surface area contributed by atoms with Crippen LogP contribution < -0.4 is 5.43 Å². The van der Waals surface area contributed by atoms with Gasteiger partial charge in [0, 0.05) is 7.05 Å². The molecule has 4 atom stereocenters. The van der Waals surface area contributed by atoms with Crippen molar-refractivity contribution in [3.8, 4) is 0 Å². The van der Waals surface area contributed by atoms with Crippen LogP contribution in [-0.2, 0) is 16.6 Å². The average Bonchev–Trinajstić information content (AvgIpc) is 3.11. The molecule has 3 fully saturated rings. The minimum absolute atomic E-state index is 0.143. The molecule has 2 bridgehead atoms. The van der Waals surface area contributed by atoms with Crippen LogP contribution in [0.15, 0.2) is 16.6 Å². The second kappa shape index (κ2) is 4.60. The summed E-state index contributed by atoms with van der Waals surface area (Å²) in [6.45, 7) is 1.82. The zero-order valence-electron chi connectivity index (χ0n) is 13.8. The molecule has 1 spiro atoms. The molecule has 2 saturated carbocycles. The van der Waals surface area contributed by atoms with Gasteiger partial charge in [-0.05, 0) is 52.9 Å². The van der Waals surface area contributed by atoms with Crippen LogP contribution in [0, 0.1) is 36.0 Å². The van der Waals surface area contributed by atoms with Crippen molar-refractivity contribution < 1.29 is 14.4 Å². The van der Waals surface area contributed by atoms with E-state index in [4.69, 9.17) is 0 Å². The number of aryl methyl sites for hydroxylation is 1. The van der Waals surface area contributed by atoms with Crippen molar-refractivity contribution in [1.29, 1.82) is 0 Å². The van der Waals surface area contributed by atoms with Gasteiger partial charge in [0.2, 0.25) is 0 Å². The number of carbonyl (C=O) groups excluding carboxylic acids is 3. The zero-order valence-corrected chi connectivity index (χ0v) is 15.4. The third kappa shape index (κ3) is 1.71. The Morgan fingerprint density at radius 3 is 2.24 bits per heavy atom. The van der Waals surface area contributed by atoms with Crippen molar-refractivity contribution in [3.05, 3.63) is 28.0 Å². The number of imide groups is 1. The highest BCUT2D eigenvalue weighted by molar-refractivity contribution is 9.10. The van der Waals surface area contributed by atoms with Gasteiger partial charge in [-0.1, -0.05) is 12.2 Å². The highest BCUT2D eigenvalue weighted by atomic mass is 79.9. The molecule has 1 aromatic rings. The summed E-state index contributed by atoms with van der Waals surface area (Å²) in [5.41, 5.74) is 3.59. The van der Waals surface area contributed by atoms with Crippen LogP contribution in [0.4, 0.5) is 0 Å². The summed E-state index contributed by atoms with van der Waals surface area (Å²) in [5, 5.41) is 5.07. The Bertz CT molecular complexity index is 851. The van der Waals surface area contributed by atoms with E-state index in [1.165, 1.54) is 0 Å². The van der Waals surface area contributed by atoms with Gasteiger partial charge in [0.15, 0.2) is 5.69 Å². The molecule has 1 aliphatic heterocycles. The number of nitrogens with zero attached hydrogens (tertiary/aromatic N) is 3. The Morgan fingerprint density at radius 1 is 1.24 bits per heavy atom. The molecule has 0 aromatic carbocycles. The molecule has 130 valence electrons. The lowest BCUT2D eigenvalue weighted by molar-refractivity contribution is -0.144. The third-order valence-corrected chi connectivity index (χ3v) is 7.49. The summed E-state index contributed by atoms with van der Waals surface area (Å²) in [5.74, 6) is -1.48. The van der Waals surface area contributed by atoms with Crippen molar-refractivity contribution >= 4 is 33.7 Å². The number of halogens is 1. The quantitative estimate of drug-likeness (QED) is 0.595. The van der Waals surface area contributed by atoms with Gasteiger partial charge in [0.25, 0.3) is 17.7 Å². The summed E-state index contributed by atoms with van der Waals surface area (Å²) in [6.07, 6.45) is 6.40. The molecule has 5 rings (SSSR count). The molecular weight excluding hydrogens is 388 g/mol. The first-order chi connectivity index (χ1) is 11.9. The molecule has 1 aromatic heterocycles.